The maximum atomic E-state index is 14.6. The zero-order valence-electron chi connectivity index (χ0n) is 18.7. The Kier molecular flexibility index (Phi) is 8.90. The molecule has 1 unspecified atom stereocenters. The lowest BCUT2D eigenvalue weighted by atomic mass is 10.0. The predicted octanol–water partition coefficient (Wildman–Crippen LogP) is 4.45. The lowest BCUT2D eigenvalue weighted by Crippen LogP contribution is -2.52. The molecule has 2 rings (SSSR count). The molecule has 1 heterocycles. The summed E-state index contributed by atoms with van der Waals surface area (Å²) < 4.78 is 20.1. The quantitative estimate of drug-likeness (QED) is 0.692. The van der Waals surface area contributed by atoms with Gasteiger partial charge in [-0.2, -0.15) is 0 Å². The molecule has 1 N–H and O–H groups in total. The summed E-state index contributed by atoms with van der Waals surface area (Å²) in [6, 6.07) is 6.97. The molecule has 1 saturated heterocycles. The molecule has 0 radical (unpaired) electrons. The van der Waals surface area contributed by atoms with Gasteiger partial charge in [-0.25, -0.2) is 9.18 Å². The number of amides is 1. The Balaban J connectivity index is 2.02. The Morgan fingerprint density at radius 3 is 2.28 bits per heavy atom. The normalized spacial score (nSPS) is 16.9. The van der Waals surface area contributed by atoms with Crippen molar-refractivity contribution < 1.29 is 13.9 Å². The third-order valence-electron chi connectivity index (χ3n) is 5.60. The molecule has 1 amide bonds. The van der Waals surface area contributed by atoms with E-state index in [0.717, 1.165) is 24.9 Å². The van der Waals surface area contributed by atoms with E-state index in [1.54, 1.807) is 11.0 Å². The van der Waals surface area contributed by atoms with Crippen molar-refractivity contribution in [2.75, 3.05) is 39.3 Å². The topological polar surface area (TPSA) is 44.8 Å². The van der Waals surface area contributed by atoms with Crippen molar-refractivity contribution in [3.63, 3.8) is 0 Å². The smallest absolute Gasteiger partial charge is 0.410 e. The lowest BCUT2D eigenvalue weighted by Gasteiger charge is -2.40. The van der Waals surface area contributed by atoms with Crippen LogP contribution in [0.4, 0.5) is 9.18 Å². The van der Waals surface area contributed by atoms with Gasteiger partial charge in [0.15, 0.2) is 0 Å². The number of benzene rings is 1. The molecule has 1 aromatic carbocycles. The van der Waals surface area contributed by atoms with Crippen molar-refractivity contribution in [2.45, 2.75) is 59.1 Å². The zero-order valence-corrected chi connectivity index (χ0v) is 18.7. The van der Waals surface area contributed by atoms with E-state index in [9.17, 15) is 9.18 Å². The van der Waals surface area contributed by atoms with Crippen LogP contribution < -0.4 is 5.32 Å². The molecule has 0 saturated carbocycles. The summed E-state index contributed by atoms with van der Waals surface area (Å²) in [5.74, 6) is 0.469. The van der Waals surface area contributed by atoms with Crippen LogP contribution in [0.5, 0.6) is 0 Å². The van der Waals surface area contributed by atoms with Gasteiger partial charge in [0, 0.05) is 38.3 Å². The Hall–Kier alpha value is -1.66. The van der Waals surface area contributed by atoms with E-state index in [-0.39, 0.29) is 18.0 Å². The molecule has 1 fully saturated rings. The molecule has 0 bridgehead atoms. The molecule has 29 heavy (non-hydrogen) atoms. The number of nitrogens with zero attached hydrogens (tertiary/aromatic N) is 2. The van der Waals surface area contributed by atoms with Gasteiger partial charge in [0.1, 0.15) is 11.4 Å². The first-order chi connectivity index (χ1) is 13.7. The van der Waals surface area contributed by atoms with E-state index in [1.807, 2.05) is 32.9 Å². The molecular formula is C23H38FN3O2. The number of nitrogens with one attached hydrogen (secondary N) is 1. The van der Waals surface area contributed by atoms with Crippen LogP contribution in [-0.4, -0.2) is 60.8 Å². The molecule has 0 aromatic heterocycles. The summed E-state index contributed by atoms with van der Waals surface area (Å²) in [4.78, 5) is 16.4. The van der Waals surface area contributed by atoms with Crippen molar-refractivity contribution in [1.29, 1.82) is 0 Å². The van der Waals surface area contributed by atoms with Gasteiger partial charge in [0.25, 0.3) is 0 Å². The van der Waals surface area contributed by atoms with Crippen LogP contribution in [0.3, 0.4) is 0 Å². The first-order valence-corrected chi connectivity index (χ1v) is 10.9. The summed E-state index contributed by atoms with van der Waals surface area (Å²) in [7, 11) is 0. The fourth-order valence-corrected chi connectivity index (χ4v) is 3.73. The van der Waals surface area contributed by atoms with Crippen LogP contribution in [0.1, 0.15) is 59.1 Å². The molecule has 1 aliphatic rings. The average molecular weight is 408 g/mol. The van der Waals surface area contributed by atoms with E-state index in [1.165, 1.54) is 6.07 Å². The first-order valence-electron chi connectivity index (χ1n) is 10.9. The second-order valence-corrected chi connectivity index (χ2v) is 8.88. The van der Waals surface area contributed by atoms with Crippen LogP contribution in [0.25, 0.3) is 0 Å². The van der Waals surface area contributed by atoms with Crippen molar-refractivity contribution in [3.8, 4) is 0 Å². The van der Waals surface area contributed by atoms with Gasteiger partial charge in [-0.3, -0.25) is 4.90 Å². The minimum Gasteiger partial charge on any atom is -0.444 e. The van der Waals surface area contributed by atoms with Gasteiger partial charge in [-0.05, 0) is 39.3 Å². The summed E-state index contributed by atoms with van der Waals surface area (Å²) in [5, 5.41) is 3.56. The molecule has 1 aliphatic heterocycles. The minimum atomic E-state index is -0.497. The molecule has 5 nitrogen and oxygen atoms in total. The third kappa shape index (κ3) is 7.27. The first kappa shape index (κ1) is 23.6. The molecule has 0 spiro atoms. The Bertz CT molecular complexity index is 635. The molecule has 164 valence electrons. The maximum absolute atomic E-state index is 14.6. The van der Waals surface area contributed by atoms with Crippen molar-refractivity contribution in [1.82, 2.24) is 15.1 Å². The van der Waals surface area contributed by atoms with E-state index in [2.05, 4.69) is 24.1 Å². The van der Waals surface area contributed by atoms with Crippen molar-refractivity contribution >= 4 is 6.09 Å². The number of hydrogen-bond donors (Lipinski definition) is 1. The highest BCUT2D eigenvalue weighted by atomic mass is 19.1. The Labute approximate surface area is 175 Å². The van der Waals surface area contributed by atoms with Crippen LogP contribution in [0.2, 0.25) is 0 Å². The standard InChI is InChI=1S/C23H38FN3O2/c1-6-18(7-2)16-25-17-21(19-10-8-9-11-20(19)24)26-12-14-27(15-13-26)22(28)29-23(3,4)5/h8-11,18,21,25H,6-7,12-17H2,1-5H3. The highest BCUT2D eigenvalue weighted by Gasteiger charge is 2.30. The van der Waals surface area contributed by atoms with Gasteiger partial charge in [0.05, 0.1) is 6.04 Å². The number of ether oxygens (including phenoxy) is 1. The predicted molar refractivity (Wildman–Crippen MR) is 115 cm³/mol. The average Bonchev–Trinajstić information content (AvgIpc) is 2.68. The fourth-order valence-electron chi connectivity index (χ4n) is 3.73. The SMILES string of the molecule is CCC(CC)CNCC(c1ccccc1F)N1CCN(C(=O)OC(C)(C)C)CC1. The molecular weight excluding hydrogens is 369 g/mol. The van der Waals surface area contributed by atoms with Crippen molar-refractivity contribution in [3.05, 3.63) is 35.6 Å². The second-order valence-electron chi connectivity index (χ2n) is 8.88. The fraction of sp³-hybridized carbons (Fsp3) is 0.696. The molecule has 0 aliphatic carbocycles. The molecule has 6 heteroatoms. The Morgan fingerprint density at radius 2 is 1.72 bits per heavy atom. The van der Waals surface area contributed by atoms with Gasteiger partial charge in [-0.15, -0.1) is 0 Å². The van der Waals surface area contributed by atoms with Gasteiger partial charge < -0.3 is 15.0 Å². The number of carbonyl (C=O) groups excluding carboxylic acids is 1. The third-order valence-corrected chi connectivity index (χ3v) is 5.60. The van der Waals surface area contributed by atoms with E-state index in [0.29, 0.717) is 38.6 Å². The van der Waals surface area contributed by atoms with E-state index < -0.39 is 5.60 Å². The summed E-state index contributed by atoms with van der Waals surface area (Å²) in [5.41, 5.74) is 0.221. The van der Waals surface area contributed by atoms with Crippen LogP contribution in [0, 0.1) is 11.7 Å². The number of piperazine rings is 1. The van der Waals surface area contributed by atoms with Crippen LogP contribution >= 0.6 is 0 Å². The van der Waals surface area contributed by atoms with Crippen LogP contribution in [0.15, 0.2) is 24.3 Å². The number of hydrogen-bond acceptors (Lipinski definition) is 4. The highest BCUT2D eigenvalue weighted by Crippen LogP contribution is 2.25. The van der Waals surface area contributed by atoms with Gasteiger partial charge in [0.2, 0.25) is 0 Å². The maximum Gasteiger partial charge on any atom is 0.410 e. The molecule has 1 aromatic rings. The largest absolute Gasteiger partial charge is 0.444 e. The monoisotopic (exact) mass is 407 g/mol. The van der Waals surface area contributed by atoms with Crippen LogP contribution in [-0.2, 0) is 4.74 Å². The van der Waals surface area contributed by atoms with Gasteiger partial charge >= 0.3 is 6.09 Å². The number of carbonyl (C=O) groups is 1. The summed E-state index contributed by atoms with van der Waals surface area (Å²) >= 11 is 0. The van der Waals surface area contributed by atoms with Crippen molar-refractivity contribution in [2.24, 2.45) is 5.92 Å². The summed E-state index contributed by atoms with van der Waals surface area (Å²) in [6.07, 6.45) is 2.01. The van der Waals surface area contributed by atoms with Gasteiger partial charge in [-0.1, -0.05) is 44.9 Å². The Morgan fingerprint density at radius 1 is 1.10 bits per heavy atom. The highest BCUT2D eigenvalue weighted by molar-refractivity contribution is 5.68. The lowest BCUT2D eigenvalue weighted by molar-refractivity contribution is 0.00998. The van der Waals surface area contributed by atoms with E-state index >= 15 is 0 Å². The molecule has 1 atom stereocenters. The second kappa shape index (κ2) is 10.9. The number of halogens is 1. The minimum absolute atomic E-state index is 0.0497. The zero-order chi connectivity index (χ0) is 21.4. The number of rotatable bonds is 8. The van der Waals surface area contributed by atoms with E-state index in [4.69, 9.17) is 4.74 Å². The summed E-state index contributed by atoms with van der Waals surface area (Å²) in [6.45, 7) is 14.3.